The zero-order chi connectivity index (χ0) is 7.11. The van der Waals surface area contributed by atoms with Gasteiger partial charge in [0.2, 0.25) is 0 Å². The third kappa shape index (κ3) is 12.0. The van der Waals surface area contributed by atoms with Gasteiger partial charge in [0, 0.05) is 0 Å². The molecule has 1 nitrogen and oxygen atoms in total. The molecule has 0 radical (unpaired) electrons. The minimum atomic E-state index is -0.0955. The van der Waals surface area contributed by atoms with E-state index in [1.807, 2.05) is 6.92 Å². The van der Waals surface area contributed by atoms with E-state index >= 15 is 0 Å². The van der Waals surface area contributed by atoms with Crippen molar-refractivity contribution in [3.63, 3.8) is 0 Å². The molecule has 0 aromatic carbocycles. The maximum absolute atomic E-state index is 8.85. The van der Waals surface area contributed by atoms with Crippen LogP contribution in [0.15, 0.2) is 0 Å². The van der Waals surface area contributed by atoms with Crippen LogP contribution in [-0.4, -0.2) is 48.9 Å². The van der Waals surface area contributed by atoms with Gasteiger partial charge in [-0.2, -0.15) is 0 Å². The van der Waals surface area contributed by atoms with Crippen LogP contribution in [0.25, 0.3) is 0 Å². The topological polar surface area (TPSA) is 20.2 Å². The summed E-state index contributed by atoms with van der Waals surface area (Å²) in [6.07, 6.45) is 5.93. The van der Waals surface area contributed by atoms with Gasteiger partial charge in [0.05, 0.1) is 6.10 Å². The van der Waals surface area contributed by atoms with Gasteiger partial charge in [-0.3, -0.25) is 0 Å². The van der Waals surface area contributed by atoms with Gasteiger partial charge < -0.3 is 7.96 Å². The summed E-state index contributed by atoms with van der Waals surface area (Å²) in [6.45, 7) is 4.05. The molecule has 0 amide bonds. The maximum Gasteiger partial charge on any atom is 2.00 e. The van der Waals surface area contributed by atoms with Crippen molar-refractivity contribution < 1.29 is 7.96 Å². The van der Waals surface area contributed by atoms with Gasteiger partial charge in [-0.25, -0.2) is 0 Å². The van der Waals surface area contributed by atoms with E-state index in [0.29, 0.717) is 0 Å². The van der Waals surface area contributed by atoms with Crippen LogP contribution >= 0.6 is 0 Å². The van der Waals surface area contributed by atoms with E-state index in [4.69, 9.17) is 5.11 Å². The molecule has 0 aliphatic heterocycles. The molecule has 1 unspecified atom stereocenters. The molecule has 1 atom stereocenters. The van der Waals surface area contributed by atoms with Crippen LogP contribution in [0.5, 0.6) is 0 Å². The minimum absolute atomic E-state index is 0. The number of aliphatic hydroxyl groups is 1. The monoisotopic (exact) mass is 172 g/mol. The summed E-state index contributed by atoms with van der Waals surface area (Å²) in [5.74, 6) is 0. The van der Waals surface area contributed by atoms with E-state index in [2.05, 4.69) is 6.92 Å². The summed E-state index contributed by atoms with van der Waals surface area (Å²) in [7, 11) is 0. The fraction of sp³-hybridized carbons (Fsp3) is 1.00. The number of hydrogen-bond acceptors (Lipinski definition) is 1. The predicted octanol–water partition coefficient (Wildman–Crippen LogP) is 2.18. The number of hydrogen-bond donors (Lipinski definition) is 1. The number of aliphatic hydroxyl groups excluding tert-OH is 1. The Kier molecular flexibility index (Phi) is 14.1. The van der Waals surface area contributed by atoms with Crippen molar-refractivity contribution in [2.75, 3.05) is 0 Å². The van der Waals surface area contributed by atoms with Crippen molar-refractivity contribution in [2.24, 2.45) is 0 Å². The third-order valence-electron chi connectivity index (χ3n) is 1.48. The molecular formula is C8H20CaO. The van der Waals surface area contributed by atoms with Crippen LogP contribution in [0.1, 0.15) is 48.8 Å². The van der Waals surface area contributed by atoms with Gasteiger partial charge in [-0.15, -0.1) is 0 Å². The van der Waals surface area contributed by atoms with Crippen LogP contribution in [0.4, 0.5) is 0 Å². The summed E-state index contributed by atoms with van der Waals surface area (Å²) in [5, 5.41) is 8.85. The maximum atomic E-state index is 8.85. The Bertz CT molecular complexity index is 63.0. The van der Waals surface area contributed by atoms with E-state index in [1.54, 1.807) is 0 Å². The Labute approximate surface area is 97.2 Å². The Balaban J connectivity index is -0.000000107. The summed E-state index contributed by atoms with van der Waals surface area (Å²) in [6, 6.07) is 0. The van der Waals surface area contributed by atoms with Gasteiger partial charge in [0.15, 0.2) is 0 Å². The molecule has 0 bridgehead atoms. The largest absolute Gasteiger partial charge is 2.00 e. The fourth-order valence-corrected chi connectivity index (χ4v) is 0.867. The molecule has 0 aromatic heterocycles. The van der Waals surface area contributed by atoms with Gasteiger partial charge in [0.25, 0.3) is 0 Å². The third-order valence-corrected chi connectivity index (χ3v) is 1.48. The molecule has 0 spiro atoms. The van der Waals surface area contributed by atoms with E-state index in [-0.39, 0.29) is 46.7 Å². The predicted molar refractivity (Wildman–Crippen MR) is 48.4 cm³/mol. The zero-order valence-corrected chi connectivity index (χ0v) is 9.48. The van der Waals surface area contributed by atoms with Gasteiger partial charge in [-0.05, 0) is 13.3 Å². The molecule has 0 aliphatic rings. The summed E-state index contributed by atoms with van der Waals surface area (Å²) in [4.78, 5) is 0. The van der Waals surface area contributed by atoms with Crippen LogP contribution < -0.4 is 0 Å². The summed E-state index contributed by atoms with van der Waals surface area (Å²) >= 11 is 0. The smallest absolute Gasteiger partial charge is 1.00 e. The van der Waals surface area contributed by atoms with Crippen molar-refractivity contribution in [1.29, 1.82) is 0 Å². The second-order valence-electron chi connectivity index (χ2n) is 2.70. The molecule has 0 saturated carbocycles. The molecule has 0 aliphatic carbocycles. The van der Waals surface area contributed by atoms with Crippen molar-refractivity contribution in [3.8, 4) is 0 Å². The average Bonchev–Trinajstić information content (AvgIpc) is 1.80. The van der Waals surface area contributed by atoms with E-state index < -0.39 is 0 Å². The van der Waals surface area contributed by atoms with Crippen molar-refractivity contribution in [2.45, 2.75) is 52.1 Å². The van der Waals surface area contributed by atoms with Crippen molar-refractivity contribution in [3.05, 3.63) is 0 Å². The van der Waals surface area contributed by atoms with Gasteiger partial charge >= 0.3 is 37.7 Å². The molecule has 10 heavy (non-hydrogen) atoms. The fourth-order valence-electron chi connectivity index (χ4n) is 0.867. The Morgan fingerprint density at radius 3 is 2.30 bits per heavy atom. The SMILES string of the molecule is CCCCCCC(C)O.[Ca+2].[H-].[H-]. The first-order valence-electron chi connectivity index (χ1n) is 3.95. The number of unbranched alkanes of at least 4 members (excludes halogenated alkanes) is 3. The first kappa shape index (κ1) is 13.8. The zero-order valence-electron chi connectivity index (χ0n) is 9.27. The van der Waals surface area contributed by atoms with Gasteiger partial charge in [0.1, 0.15) is 0 Å². The molecule has 0 saturated heterocycles. The van der Waals surface area contributed by atoms with Crippen LogP contribution in [-0.2, 0) is 0 Å². The normalized spacial score (nSPS) is 12.3. The molecule has 0 rings (SSSR count). The standard InChI is InChI=1S/C8H18O.Ca.2H/c1-3-4-5-6-7-8(2)9;;;/h8-9H,3-7H2,1-2H3;;;/q;+2;2*-1. The molecule has 0 heterocycles. The quantitative estimate of drug-likeness (QED) is 0.498. The van der Waals surface area contributed by atoms with Crippen molar-refractivity contribution >= 4 is 37.7 Å². The number of rotatable bonds is 5. The van der Waals surface area contributed by atoms with Gasteiger partial charge in [-0.1, -0.05) is 32.6 Å². The molecular weight excluding hydrogens is 152 g/mol. The van der Waals surface area contributed by atoms with Crippen molar-refractivity contribution in [1.82, 2.24) is 0 Å². The van der Waals surface area contributed by atoms with Crippen LogP contribution in [0.3, 0.4) is 0 Å². The van der Waals surface area contributed by atoms with E-state index in [9.17, 15) is 0 Å². The average molecular weight is 172 g/mol. The summed E-state index contributed by atoms with van der Waals surface area (Å²) in [5.41, 5.74) is 0. The van der Waals surface area contributed by atoms with E-state index in [1.165, 1.54) is 25.7 Å². The van der Waals surface area contributed by atoms with E-state index in [0.717, 1.165) is 6.42 Å². The molecule has 2 heteroatoms. The first-order chi connectivity index (χ1) is 4.27. The Morgan fingerprint density at radius 2 is 1.90 bits per heavy atom. The van der Waals surface area contributed by atoms with Crippen LogP contribution in [0, 0.1) is 0 Å². The molecule has 0 aromatic rings. The minimum Gasteiger partial charge on any atom is -1.00 e. The molecule has 1 N–H and O–H groups in total. The second-order valence-corrected chi connectivity index (χ2v) is 2.70. The van der Waals surface area contributed by atoms with Crippen LogP contribution in [0.2, 0.25) is 0 Å². The molecule has 60 valence electrons. The Hall–Kier alpha value is 1.22. The molecule has 0 fully saturated rings. The Morgan fingerprint density at radius 1 is 1.30 bits per heavy atom. The summed E-state index contributed by atoms with van der Waals surface area (Å²) < 4.78 is 0. The first-order valence-corrected chi connectivity index (χ1v) is 3.95. The second kappa shape index (κ2) is 10.2.